The van der Waals surface area contributed by atoms with Crippen molar-refractivity contribution < 1.29 is 10.2 Å². The molecule has 0 aliphatic rings. The quantitative estimate of drug-likeness (QED) is 0.195. The van der Waals surface area contributed by atoms with Gasteiger partial charge in [0.1, 0.15) is 11.6 Å². The van der Waals surface area contributed by atoms with Crippen LogP contribution in [0.2, 0.25) is 10.0 Å². The Hall–Kier alpha value is -2.34. The molecule has 0 unspecified atom stereocenters. The summed E-state index contributed by atoms with van der Waals surface area (Å²) >= 11 is 14.6. The van der Waals surface area contributed by atoms with Crippen LogP contribution in [0.1, 0.15) is 36.6 Å². The van der Waals surface area contributed by atoms with Gasteiger partial charge in [-0.25, -0.2) is 9.97 Å². The maximum Gasteiger partial charge on any atom is 0.207 e. The van der Waals surface area contributed by atoms with Crippen LogP contribution in [0.4, 0.5) is 21.6 Å². The molecule has 192 valence electrons. The molecule has 0 fully saturated rings. The highest BCUT2D eigenvalue weighted by molar-refractivity contribution is 7.10. The molecule has 36 heavy (non-hydrogen) atoms. The summed E-state index contributed by atoms with van der Waals surface area (Å²) in [5.74, 6) is 1.30. The van der Waals surface area contributed by atoms with Crippen LogP contribution in [0.25, 0.3) is 0 Å². The number of halogens is 2. The summed E-state index contributed by atoms with van der Waals surface area (Å²) in [7, 11) is 0. The number of nitrogens with one attached hydrogen (secondary N) is 2. The van der Waals surface area contributed by atoms with Crippen LogP contribution in [0.15, 0.2) is 36.4 Å². The minimum atomic E-state index is -0.429. The first-order valence-electron chi connectivity index (χ1n) is 11.2. The van der Waals surface area contributed by atoms with E-state index in [-0.39, 0.29) is 0 Å². The Bertz CT molecular complexity index is 1180. The van der Waals surface area contributed by atoms with Crippen molar-refractivity contribution in [1.29, 1.82) is 0 Å². The van der Waals surface area contributed by atoms with Crippen molar-refractivity contribution in [2.45, 2.75) is 52.7 Å². The van der Waals surface area contributed by atoms with Crippen molar-refractivity contribution in [2.24, 2.45) is 0 Å². The molecule has 2 aromatic heterocycles. The van der Waals surface area contributed by atoms with Crippen LogP contribution in [-0.2, 0) is 12.8 Å². The average molecular weight is 568 g/mol. The van der Waals surface area contributed by atoms with Crippen molar-refractivity contribution in [3.8, 4) is 0 Å². The van der Waals surface area contributed by atoms with E-state index in [4.69, 9.17) is 23.2 Å². The zero-order valence-corrected chi connectivity index (χ0v) is 23.4. The van der Waals surface area contributed by atoms with E-state index >= 15 is 0 Å². The Morgan fingerprint density at radius 3 is 1.47 bits per heavy atom. The topological polar surface area (TPSA) is 116 Å². The summed E-state index contributed by atoms with van der Waals surface area (Å²) in [5, 5.41) is 27.6. The van der Waals surface area contributed by atoms with Gasteiger partial charge in [0.25, 0.3) is 0 Å². The summed E-state index contributed by atoms with van der Waals surface area (Å²) < 4.78 is 8.34. The van der Waals surface area contributed by atoms with Crippen LogP contribution >= 0.6 is 46.3 Å². The molecule has 12 heteroatoms. The molecule has 0 saturated carbocycles. The fourth-order valence-corrected chi connectivity index (χ4v) is 4.49. The lowest BCUT2D eigenvalue weighted by Gasteiger charge is -2.04. The molecule has 4 N–H and O–H groups in total. The summed E-state index contributed by atoms with van der Waals surface area (Å²) in [4.78, 5) is 8.58. The third-order valence-electron chi connectivity index (χ3n) is 4.74. The molecule has 2 atom stereocenters. The Morgan fingerprint density at radius 2 is 1.14 bits per heavy atom. The normalized spacial score (nSPS) is 12.4. The highest BCUT2D eigenvalue weighted by atomic mass is 35.5. The maximum atomic E-state index is 9.26. The predicted molar refractivity (Wildman–Crippen MR) is 150 cm³/mol. The van der Waals surface area contributed by atoms with Crippen molar-refractivity contribution >= 4 is 67.9 Å². The van der Waals surface area contributed by atoms with Crippen molar-refractivity contribution in [3.63, 3.8) is 0 Å². The average Bonchev–Trinajstić information content (AvgIpc) is 3.42. The van der Waals surface area contributed by atoms with Crippen LogP contribution in [-0.4, -0.2) is 41.1 Å². The summed E-state index contributed by atoms with van der Waals surface area (Å²) in [6.07, 6.45) is 0.0715. The number of rotatable bonds is 8. The molecule has 0 aliphatic heterocycles. The second-order valence-electron chi connectivity index (χ2n) is 8.32. The zero-order valence-electron chi connectivity index (χ0n) is 20.3. The third-order valence-corrected chi connectivity index (χ3v) is 6.89. The molecule has 0 saturated heterocycles. The van der Waals surface area contributed by atoms with Crippen molar-refractivity contribution in [3.05, 3.63) is 69.2 Å². The third kappa shape index (κ3) is 8.95. The number of nitrogens with zero attached hydrogens (tertiary/aromatic N) is 4. The number of aliphatic hydroxyl groups is 2. The Morgan fingerprint density at radius 1 is 0.750 bits per heavy atom. The van der Waals surface area contributed by atoms with Gasteiger partial charge in [-0.1, -0.05) is 35.3 Å². The number of benzene rings is 2. The van der Waals surface area contributed by atoms with E-state index in [9.17, 15) is 10.2 Å². The van der Waals surface area contributed by atoms with Gasteiger partial charge in [-0.2, -0.15) is 8.75 Å². The monoisotopic (exact) mass is 566 g/mol. The Labute approximate surface area is 228 Å². The lowest BCUT2D eigenvalue weighted by molar-refractivity contribution is 0.192. The molecule has 4 aromatic rings. The molecule has 4 rings (SSSR count). The zero-order chi connectivity index (χ0) is 26.2. The van der Waals surface area contributed by atoms with E-state index in [0.717, 1.165) is 22.5 Å². The van der Waals surface area contributed by atoms with Gasteiger partial charge in [-0.3, -0.25) is 0 Å². The van der Waals surface area contributed by atoms with Gasteiger partial charge >= 0.3 is 0 Å². The number of anilines is 4. The molecule has 0 spiro atoms. The fourth-order valence-electron chi connectivity index (χ4n) is 2.89. The summed E-state index contributed by atoms with van der Waals surface area (Å²) in [6, 6.07) is 11.5. The summed E-state index contributed by atoms with van der Waals surface area (Å²) in [5.41, 5.74) is 3.83. The molecule has 0 radical (unpaired) electrons. The van der Waals surface area contributed by atoms with E-state index in [0.29, 0.717) is 44.8 Å². The lowest BCUT2D eigenvalue weighted by Crippen LogP contribution is -2.05. The number of hydrogen-bond donors (Lipinski definition) is 4. The fraction of sp³-hybridized carbons (Fsp3) is 0.333. The predicted octanol–water partition coefficient (Wildman–Crippen LogP) is 6.33. The maximum absolute atomic E-state index is 9.26. The SMILES string of the molecule is Cc1ccc(Nc2nc(C[C@@H](C)O)ns2)cc1Cl.Cc1ccc(Nc2nc(C[C@H](C)O)ns2)cc1Cl. The largest absolute Gasteiger partial charge is 0.393 e. The minimum Gasteiger partial charge on any atom is -0.393 e. The molecule has 2 heterocycles. The molecular weight excluding hydrogens is 539 g/mol. The van der Waals surface area contributed by atoms with Gasteiger partial charge < -0.3 is 20.8 Å². The highest BCUT2D eigenvalue weighted by Gasteiger charge is 2.09. The molecule has 0 amide bonds. The second kappa shape index (κ2) is 13.3. The van der Waals surface area contributed by atoms with Gasteiger partial charge in [0, 0.05) is 57.3 Å². The summed E-state index contributed by atoms with van der Waals surface area (Å²) in [6.45, 7) is 7.34. The minimum absolute atomic E-state index is 0.429. The van der Waals surface area contributed by atoms with Crippen LogP contribution in [0, 0.1) is 13.8 Å². The smallest absolute Gasteiger partial charge is 0.207 e. The molecule has 0 bridgehead atoms. The number of aromatic nitrogens is 4. The van der Waals surface area contributed by atoms with Gasteiger partial charge in [0.15, 0.2) is 0 Å². The van der Waals surface area contributed by atoms with Gasteiger partial charge in [-0.05, 0) is 63.1 Å². The molecular formula is C24H28Cl2N6O2S2. The standard InChI is InChI=1S/2C12H14ClN3OS/c2*1-7-3-4-9(6-10(7)13)14-12-15-11(16-18-12)5-8(2)17/h2*3-4,6,8,17H,5H2,1-2H3,(H,14,15,16)/t2*8-/m10/s1. The van der Waals surface area contributed by atoms with Crippen LogP contribution in [0.3, 0.4) is 0 Å². The Balaban J connectivity index is 0.000000201. The van der Waals surface area contributed by atoms with Crippen LogP contribution in [0.5, 0.6) is 0 Å². The van der Waals surface area contributed by atoms with Crippen LogP contribution < -0.4 is 10.6 Å². The first-order chi connectivity index (χ1) is 17.1. The molecule has 8 nitrogen and oxygen atoms in total. The van der Waals surface area contributed by atoms with Gasteiger partial charge in [0.2, 0.25) is 10.3 Å². The first-order valence-corrected chi connectivity index (χ1v) is 13.5. The second-order valence-corrected chi connectivity index (χ2v) is 10.6. The van der Waals surface area contributed by atoms with Gasteiger partial charge in [-0.15, -0.1) is 0 Å². The highest BCUT2D eigenvalue weighted by Crippen LogP contribution is 2.25. The van der Waals surface area contributed by atoms with E-state index in [1.807, 2.05) is 50.2 Å². The Kier molecular flexibility index (Phi) is 10.4. The van der Waals surface area contributed by atoms with Crippen molar-refractivity contribution in [2.75, 3.05) is 10.6 Å². The molecule has 0 aliphatic carbocycles. The van der Waals surface area contributed by atoms with E-state index in [2.05, 4.69) is 29.3 Å². The van der Waals surface area contributed by atoms with E-state index < -0.39 is 12.2 Å². The first kappa shape index (κ1) is 28.2. The number of hydrogen-bond acceptors (Lipinski definition) is 10. The number of aryl methyl sites for hydroxylation is 2. The molecule has 2 aromatic carbocycles. The van der Waals surface area contributed by atoms with E-state index in [1.165, 1.54) is 23.1 Å². The van der Waals surface area contributed by atoms with E-state index in [1.54, 1.807) is 13.8 Å². The van der Waals surface area contributed by atoms with Crippen molar-refractivity contribution in [1.82, 2.24) is 18.7 Å². The lowest BCUT2D eigenvalue weighted by atomic mass is 10.2. The number of aliphatic hydroxyl groups excluding tert-OH is 2. The van der Waals surface area contributed by atoms with Gasteiger partial charge in [0.05, 0.1) is 12.2 Å².